The van der Waals surface area contributed by atoms with E-state index in [4.69, 9.17) is 9.26 Å². The van der Waals surface area contributed by atoms with Crippen molar-refractivity contribution in [2.75, 3.05) is 18.7 Å². The number of hydrogen-bond donors (Lipinski definition) is 1. The molecule has 3 rings (SSSR count). The molecule has 6 nitrogen and oxygen atoms in total. The van der Waals surface area contributed by atoms with Crippen molar-refractivity contribution >= 4 is 23.4 Å². The summed E-state index contributed by atoms with van der Waals surface area (Å²) < 4.78 is 10.4. The molecular formula is C19H19N3O3S. The summed E-state index contributed by atoms with van der Waals surface area (Å²) in [7, 11) is 1.61. The van der Waals surface area contributed by atoms with Gasteiger partial charge in [0.25, 0.3) is 0 Å². The van der Waals surface area contributed by atoms with Crippen molar-refractivity contribution in [2.24, 2.45) is 0 Å². The molecule has 0 saturated heterocycles. The second-order valence-electron chi connectivity index (χ2n) is 5.49. The van der Waals surface area contributed by atoms with Crippen LogP contribution >= 0.6 is 11.8 Å². The second kappa shape index (κ2) is 8.53. The zero-order valence-electron chi connectivity index (χ0n) is 14.6. The van der Waals surface area contributed by atoms with Crippen molar-refractivity contribution in [2.45, 2.75) is 17.7 Å². The molecule has 0 fully saturated rings. The minimum absolute atomic E-state index is 0.0902. The van der Waals surface area contributed by atoms with Gasteiger partial charge in [0.05, 0.1) is 12.8 Å². The van der Waals surface area contributed by atoms with E-state index in [1.165, 1.54) is 0 Å². The van der Waals surface area contributed by atoms with Crippen LogP contribution in [0.4, 0.5) is 5.69 Å². The molecule has 0 radical (unpaired) electrons. The van der Waals surface area contributed by atoms with Crippen molar-refractivity contribution in [1.82, 2.24) is 10.1 Å². The van der Waals surface area contributed by atoms with Crippen molar-refractivity contribution in [1.29, 1.82) is 0 Å². The van der Waals surface area contributed by atoms with Gasteiger partial charge in [-0.25, -0.2) is 0 Å². The summed E-state index contributed by atoms with van der Waals surface area (Å²) >= 11 is 1.59. The van der Waals surface area contributed by atoms with Crippen LogP contribution in [0, 0.1) is 0 Å². The number of aromatic nitrogens is 2. The molecule has 134 valence electrons. The molecule has 2 aromatic carbocycles. The second-order valence-corrected chi connectivity index (χ2v) is 6.34. The van der Waals surface area contributed by atoms with Crippen LogP contribution in [-0.4, -0.2) is 29.4 Å². The van der Waals surface area contributed by atoms with E-state index in [-0.39, 0.29) is 12.3 Å². The number of nitrogens with one attached hydrogen (secondary N) is 1. The van der Waals surface area contributed by atoms with E-state index < -0.39 is 0 Å². The van der Waals surface area contributed by atoms with Crippen LogP contribution in [0.2, 0.25) is 0 Å². The fourth-order valence-electron chi connectivity index (χ4n) is 2.42. The smallest absolute Gasteiger partial charge is 0.227 e. The van der Waals surface area contributed by atoms with Crippen LogP contribution < -0.4 is 10.1 Å². The number of hydrogen-bond acceptors (Lipinski definition) is 6. The molecular weight excluding hydrogens is 350 g/mol. The number of carbonyl (C=O) groups is 1. The summed E-state index contributed by atoms with van der Waals surface area (Å²) in [5, 5.41) is 6.89. The third kappa shape index (κ3) is 4.43. The first-order chi connectivity index (χ1) is 12.7. The first-order valence-electron chi connectivity index (χ1n) is 8.09. The van der Waals surface area contributed by atoms with Crippen molar-refractivity contribution in [3.8, 4) is 17.1 Å². The molecule has 0 aliphatic rings. The fraction of sp³-hybridized carbons (Fsp3) is 0.211. The Balaban J connectivity index is 1.60. The Morgan fingerprint density at radius 2 is 2.08 bits per heavy atom. The molecule has 1 aromatic heterocycles. The number of methoxy groups -OCH3 is 1. The van der Waals surface area contributed by atoms with E-state index in [0.717, 1.165) is 21.9 Å². The first kappa shape index (κ1) is 18.0. The average Bonchev–Trinajstić information content (AvgIpc) is 3.16. The third-order valence-corrected chi connectivity index (χ3v) is 4.54. The molecule has 0 atom stereocenters. The molecule has 7 heteroatoms. The van der Waals surface area contributed by atoms with Gasteiger partial charge in [0.15, 0.2) is 0 Å². The van der Waals surface area contributed by atoms with Gasteiger partial charge in [0, 0.05) is 23.3 Å². The van der Waals surface area contributed by atoms with Crippen LogP contribution in [0.1, 0.15) is 12.3 Å². The van der Waals surface area contributed by atoms with E-state index >= 15 is 0 Å². The maximum absolute atomic E-state index is 12.2. The zero-order valence-corrected chi connectivity index (χ0v) is 15.4. The van der Waals surface area contributed by atoms with E-state index in [9.17, 15) is 4.79 Å². The molecule has 0 unspecified atom stereocenters. The Labute approximate surface area is 156 Å². The standard InChI is InChI=1S/C19H19N3O3S/c1-24-14-7-5-6-13(12-14)19-21-18(25-22-19)11-10-17(23)20-15-8-3-4-9-16(15)26-2/h3-9,12H,10-11H2,1-2H3,(H,20,23). The largest absolute Gasteiger partial charge is 0.497 e. The van der Waals surface area contributed by atoms with Crippen molar-refractivity contribution < 1.29 is 14.1 Å². The van der Waals surface area contributed by atoms with Gasteiger partial charge in [-0.1, -0.05) is 29.4 Å². The van der Waals surface area contributed by atoms with Crippen molar-refractivity contribution in [3.63, 3.8) is 0 Å². The molecule has 0 aliphatic carbocycles. The van der Waals surface area contributed by atoms with Gasteiger partial charge in [-0.2, -0.15) is 4.98 Å². The normalized spacial score (nSPS) is 10.5. The van der Waals surface area contributed by atoms with Crippen LogP contribution in [0.3, 0.4) is 0 Å². The van der Waals surface area contributed by atoms with Gasteiger partial charge in [0.1, 0.15) is 5.75 Å². The summed E-state index contributed by atoms with van der Waals surface area (Å²) in [5.41, 5.74) is 1.62. The fourth-order valence-corrected chi connectivity index (χ4v) is 2.97. The van der Waals surface area contributed by atoms with Crippen molar-refractivity contribution in [3.05, 3.63) is 54.4 Å². The van der Waals surface area contributed by atoms with Gasteiger partial charge in [-0.15, -0.1) is 11.8 Å². The number of rotatable bonds is 7. The molecule has 3 aromatic rings. The summed E-state index contributed by atoms with van der Waals surface area (Å²) in [4.78, 5) is 17.6. The molecule has 0 aliphatic heterocycles. The highest BCUT2D eigenvalue weighted by atomic mass is 32.2. The maximum atomic E-state index is 12.2. The van der Waals surface area contributed by atoms with Gasteiger partial charge in [-0.3, -0.25) is 4.79 Å². The number of aryl methyl sites for hydroxylation is 1. The topological polar surface area (TPSA) is 77.2 Å². The highest BCUT2D eigenvalue weighted by molar-refractivity contribution is 7.98. The van der Waals surface area contributed by atoms with Gasteiger partial charge in [0.2, 0.25) is 17.6 Å². The molecule has 26 heavy (non-hydrogen) atoms. The van der Waals surface area contributed by atoms with Crippen LogP contribution in [-0.2, 0) is 11.2 Å². The van der Waals surface area contributed by atoms with E-state index in [1.54, 1.807) is 18.9 Å². The Hall–Kier alpha value is -2.80. The molecule has 1 amide bonds. The van der Waals surface area contributed by atoms with Gasteiger partial charge >= 0.3 is 0 Å². The van der Waals surface area contributed by atoms with E-state index in [2.05, 4.69) is 15.5 Å². The lowest BCUT2D eigenvalue weighted by atomic mass is 10.2. The van der Waals surface area contributed by atoms with Crippen LogP contribution in [0.25, 0.3) is 11.4 Å². The minimum Gasteiger partial charge on any atom is -0.497 e. The first-order valence-corrected chi connectivity index (χ1v) is 9.32. The maximum Gasteiger partial charge on any atom is 0.227 e. The molecule has 1 heterocycles. The molecule has 0 spiro atoms. The monoisotopic (exact) mass is 369 g/mol. The Morgan fingerprint density at radius 1 is 1.23 bits per heavy atom. The molecule has 0 bridgehead atoms. The highest BCUT2D eigenvalue weighted by Crippen LogP contribution is 2.25. The average molecular weight is 369 g/mol. The number of amides is 1. The zero-order chi connectivity index (χ0) is 18.4. The summed E-state index contributed by atoms with van der Waals surface area (Å²) in [6, 6.07) is 15.1. The highest BCUT2D eigenvalue weighted by Gasteiger charge is 2.12. The predicted octanol–water partition coefficient (Wildman–Crippen LogP) is 4.04. The number of para-hydroxylation sites is 1. The van der Waals surface area contributed by atoms with Gasteiger partial charge < -0.3 is 14.6 Å². The lowest BCUT2D eigenvalue weighted by molar-refractivity contribution is -0.116. The number of benzene rings is 2. The van der Waals surface area contributed by atoms with Gasteiger partial charge in [-0.05, 0) is 30.5 Å². The quantitative estimate of drug-likeness (QED) is 0.634. The summed E-state index contributed by atoms with van der Waals surface area (Å²) in [6.07, 6.45) is 2.62. The SMILES string of the molecule is COc1cccc(-c2noc(CCC(=O)Nc3ccccc3SC)n2)c1. The number of carbonyl (C=O) groups excluding carboxylic acids is 1. The van der Waals surface area contributed by atoms with E-state index in [0.29, 0.717) is 18.1 Å². The Bertz CT molecular complexity index is 895. The predicted molar refractivity (Wildman–Crippen MR) is 101 cm³/mol. The van der Waals surface area contributed by atoms with Crippen LogP contribution in [0.15, 0.2) is 57.9 Å². The Morgan fingerprint density at radius 3 is 2.88 bits per heavy atom. The molecule has 0 saturated carbocycles. The lowest BCUT2D eigenvalue weighted by Crippen LogP contribution is -2.13. The molecule has 1 N–H and O–H groups in total. The number of nitrogens with zero attached hydrogens (tertiary/aromatic N) is 2. The number of thioether (sulfide) groups is 1. The lowest BCUT2D eigenvalue weighted by Gasteiger charge is -2.08. The third-order valence-electron chi connectivity index (χ3n) is 3.74. The minimum atomic E-state index is -0.0902. The summed E-state index contributed by atoms with van der Waals surface area (Å²) in [6.45, 7) is 0. The Kier molecular flexibility index (Phi) is 5.91. The van der Waals surface area contributed by atoms with E-state index in [1.807, 2.05) is 54.8 Å². The number of anilines is 1. The number of ether oxygens (including phenoxy) is 1. The van der Waals surface area contributed by atoms with Crippen LogP contribution in [0.5, 0.6) is 5.75 Å². The summed E-state index contributed by atoms with van der Waals surface area (Å²) in [5.74, 6) is 1.54.